The molecule has 0 saturated carbocycles. The third kappa shape index (κ3) is 4.54. The van der Waals surface area contributed by atoms with Gasteiger partial charge in [0, 0.05) is 16.7 Å². The molecule has 12 heteroatoms. The quantitative estimate of drug-likeness (QED) is 0.297. The minimum Gasteiger partial charge on any atom is -0.411 e. The standard InChI is InChI=1S/C19H13Br2ClN6O2S/c1-9-6-10(20)7-11(18-25-26-19(30-18)31-2)15(9)24-17(29)13-8-14(21)27-28(13)16-12(22)4-3-5-23-16/h3-8H,1-2H3,(H,24,29). The van der Waals surface area contributed by atoms with Crippen molar-refractivity contribution in [3.05, 3.63) is 61.9 Å². The van der Waals surface area contributed by atoms with Crippen LogP contribution in [-0.4, -0.2) is 37.1 Å². The molecule has 0 spiro atoms. The Hall–Kier alpha value is -2.21. The Kier molecular flexibility index (Phi) is 6.47. The summed E-state index contributed by atoms with van der Waals surface area (Å²) in [4.78, 5) is 17.5. The molecule has 1 amide bonds. The van der Waals surface area contributed by atoms with E-state index >= 15 is 0 Å². The molecular formula is C19H13Br2ClN6O2S. The van der Waals surface area contributed by atoms with Crippen molar-refractivity contribution in [3.8, 4) is 17.3 Å². The third-order valence-corrected chi connectivity index (χ3v) is 5.86. The van der Waals surface area contributed by atoms with Crippen LogP contribution in [0.1, 0.15) is 16.1 Å². The van der Waals surface area contributed by atoms with Gasteiger partial charge < -0.3 is 9.73 Å². The predicted molar refractivity (Wildman–Crippen MR) is 126 cm³/mol. The van der Waals surface area contributed by atoms with E-state index in [4.69, 9.17) is 16.0 Å². The van der Waals surface area contributed by atoms with Crippen molar-refractivity contribution in [2.45, 2.75) is 12.1 Å². The SMILES string of the molecule is CSc1nnc(-c2cc(Br)cc(C)c2NC(=O)c2cc(Br)nn2-c2ncccc2Cl)o1. The lowest BCUT2D eigenvalue weighted by molar-refractivity contribution is 0.101. The fourth-order valence-electron chi connectivity index (χ4n) is 2.87. The van der Waals surface area contributed by atoms with Crippen LogP contribution in [0.5, 0.6) is 0 Å². The minimum absolute atomic E-state index is 0.246. The van der Waals surface area contributed by atoms with E-state index in [2.05, 4.69) is 57.5 Å². The molecular weight excluding hydrogens is 572 g/mol. The average Bonchev–Trinajstić information content (AvgIpc) is 3.36. The smallest absolute Gasteiger partial charge is 0.276 e. The zero-order valence-corrected chi connectivity index (χ0v) is 20.8. The number of hydrogen-bond acceptors (Lipinski definition) is 7. The van der Waals surface area contributed by atoms with Crippen LogP contribution in [0.2, 0.25) is 5.02 Å². The molecule has 0 fully saturated rings. The molecule has 1 N–H and O–H groups in total. The molecule has 3 aromatic heterocycles. The molecule has 0 unspecified atom stereocenters. The highest BCUT2D eigenvalue weighted by atomic mass is 79.9. The van der Waals surface area contributed by atoms with Crippen LogP contribution in [0.25, 0.3) is 17.3 Å². The summed E-state index contributed by atoms with van der Waals surface area (Å²) < 4.78 is 8.35. The van der Waals surface area contributed by atoms with Gasteiger partial charge >= 0.3 is 0 Å². The molecule has 158 valence electrons. The summed E-state index contributed by atoms with van der Waals surface area (Å²) in [6.07, 6.45) is 3.42. The van der Waals surface area contributed by atoms with Gasteiger partial charge in [-0.3, -0.25) is 4.79 Å². The molecule has 0 atom stereocenters. The number of aryl methyl sites for hydroxylation is 1. The van der Waals surface area contributed by atoms with Gasteiger partial charge in [0.2, 0.25) is 0 Å². The van der Waals surface area contributed by atoms with Gasteiger partial charge in [-0.15, -0.1) is 10.2 Å². The van der Waals surface area contributed by atoms with Crippen LogP contribution < -0.4 is 5.32 Å². The number of nitrogens with one attached hydrogen (secondary N) is 1. The first-order chi connectivity index (χ1) is 14.9. The normalized spacial score (nSPS) is 11.0. The van der Waals surface area contributed by atoms with Gasteiger partial charge in [-0.2, -0.15) is 5.10 Å². The monoisotopic (exact) mass is 582 g/mol. The first-order valence-electron chi connectivity index (χ1n) is 8.73. The first-order valence-corrected chi connectivity index (χ1v) is 11.9. The van der Waals surface area contributed by atoms with Crippen LogP contribution in [0.4, 0.5) is 5.69 Å². The second kappa shape index (κ2) is 9.11. The highest BCUT2D eigenvalue weighted by molar-refractivity contribution is 9.10. The van der Waals surface area contributed by atoms with Crippen LogP contribution in [0.3, 0.4) is 0 Å². The summed E-state index contributed by atoms with van der Waals surface area (Å²) in [6, 6.07) is 8.66. The highest BCUT2D eigenvalue weighted by Gasteiger charge is 2.22. The topological polar surface area (TPSA) is 98.7 Å². The van der Waals surface area contributed by atoms with E-state index in [1.807, 2.05) is 25.3 Å². The summed E-state index contributed by atoms with van der Waals surface area (Å²) in [7, 11) is 0. The van der Waals surface area contributed by atoms with Crippen LogP contribution in [0.15, 0.2) is 55.2 Å². The van der Waals surface area contributed by atoms with Crippen molar-refractivity contribution in [2.75, 3.05) is 11.6 Å². The molecule has 31 heavy (non-hydrogen) atoms. The Bertz CT molecular complexity index is 1290. The van der Waals surface area contributed by atoms with Gasteiger partial charge in [-0.05, 0) is 58.9 Å². The molecule has 1 aromatic carbocycles. The second-order valence-corrected chi connectivity index (χ2v) is 9.14. The summed E-state index contributed by atoms with van der Waals surface area (Å²) >= 11 is 14.4. The highest BCUT2D eigenvalue weighted by Crippen LogP contribution is 2.35. The summed E-state index contributed by atoms with van der Waals surface area (Å²) in [5.41, 5.74) is 2.19. The zero-order chi connectivity index (χ0) is 22.1. The number of amides is 1. The summed E-state index contributed by atoms with van der Waals surface area (Å²) in [5.74, 6) is 0.233. The van der Waals surface area contributed by atoms with Crippen LogP contribution in [0, 0.1) is 6.92 Å². The van der Waals surface area contributed by atoms with E-state index in [0.717, 1.165) is 10.0 Å². The molecule has 0 bridgehead atoms. The molecule has 3 heterocycles. The molecule has 0 radical (unpaired) electrons. The number of hydrogen-bond donors (Lipinski definition) is 1. The number of thioether (sulfide) groups is 1. The van der Waals surface area contributed by atoms with Crippen molar-refractivity contribution in [2.24, 2.45) is 0 Å². The lowest BCUT2D eigenvalue weighted by atomic mass is 10.1. The predicted octanol–water partition coefficient (Wildman–Crippen LogP) is 5.78. The number of benzene rings is 1. The molecule has 8 nitrogen and oxygen atoms in total. The number of carbonyl (C=O) groups excluding carboxylic acids is 1. The van der Waals surface area contributed by atoms with Crippen LogP contribution in [-0.2, 0) is 0 Å². The Labute approximate surface area is 203 Å². The Morgan fingerprint density at radius 1 is 1.26 bits per heavy atom. The molecule has 0 aliphatic heterocycles. The number of pyridine rings is 1. The summed E-state index contributed by atoms with van der Waals surface area (Å²) in [5, 5.41) is 16.1. The van der Waals surface area contributed by atoms with Crippen molar-refractivity contribution in [1.29, 1.82) is 0 Å². The van der Waals surface area contributed by atoms with E-state index in [-0.39, 0.29) is 5.69 Å². The Balaban J connectivity index is 1.76. The van der Waals surface area contributed by atoms with Crippen LogP contribution >= 0.6 is 55.2 Å². The van der Waals surface area contributed by atoms with Gasteiger partial charge in [-0.1, -0.05) is 39.3 Å². The average molecular weight is 585 g/mol. The lowest BCUT2D eigenvalue weighted by Gasteiger charge is -2.13. The van der Waals surface area contributed by atoms with Gasteiger partial charge in [0.05, 0.1) is 16.3 Å². The van der Waals surface area contributed by atoms with E-state index in [1.54, 1.807) is 24.4 Å². The number of rotatable bonds is 5. The van der Waals surface area contributed by atoms with Crippen molar-refractivity contribution < 1.29 is 9.21 Å². The maximum Gasteiger partial charge on any atom is 0.276 e. The number of nitrogens with zero attached hydrogens (tertiary/aromatic N) is 5. The molecule has 0 aliphatic rings. The van der Waals surface area contributed by atoms with E-state index in [9.17, 15) is 4.79 Å². The Morgan fingerprint density at radius 3 is 2.77 bits per heavy atom. The van der Waals surface area contributed by atoms with Gasteiger partial charge in [-0.25, -0.2) is 9.67 Å². The third-order valence-electron chi connectivity index (χ3n) is 4.20. The van der Waals surface area contributed by atoms with Gasteiger partial charge in [0.15, 0.2) is 5.82 Å². The van der Waals surface area contributed by atoms with Crippen molar-refractivity contribution in [3.63, 3.8) is 0 Å². The molecule has 4 aromatic rings. The molecule has 0 aliphatic carbocycles. The van der Waals surface area contributed by atoms with E-state index in [1.165, 1.54) is 16.4 Å². The number of anilines is 1. The van der Waals surface area contributed by atoms with Gasteiger partial charge in [0.25, 0.3) is 17.0 Å². The fourth-order valence-corrected chi connectivity index (χ4v) is 4.30. The second-order valence-electron chi connectivity index (χ2n) is 6.25. The zero-order valence-electron chi connectivity index (χ0n) is 16.1. The number of aromatic nitrogens is 5. The largest absolute Gasteiger partial charge is 0.411 e. The van der Waals surface area contributed by atoms with Crippen molar-refractivity contribution >= 4 is 66.8 Å². The van der Waals surface area contributed by atoms with E-state index in [0.29, 0.717) is 37.8 Å². The number of halogens is 3. The number of carbonyl (C=O) groups is 1. The maximum absolute atomic E-state index is 13.3. The fraction of sp³-hybridized carbons (Fsp3) is 0.105. The van der Waals surface area contributed by atoms with E-state index < -0.39 is 5.91 Å². The van der Waals surface area contributed by atoms with Crippen molar-refractivity contribution in [1.82, 2.24) is 25.0 Å². The Morgan fingerprint density at radius 2 is 2.06 bits per heavy atom. The lowest BCUT2D eigenvalue weighted by Crippen LogP contribution is -2.19. The summed E-state index contributed by atoms with van der Waals surface area (Å²) in [6.45, 7) is 1.87. The first kappa shape index (κ1) is 22.0. The molecule has 4 rings (SSSR count). The molecule has 0 saturated heterocycles. The minimum atomic E-state index is -0.406. The maximum atomic E-state index is 13.3. The van der Waals surface area contributed by atoms with Gasteiger partial charge in [0.1, 0.15) is 10.3 Å².